The van der Waals surface area contributed by atoms with Gasteiger partial charge in [-0.1, -0.05) is 19.8 Å². The zero-order valence-corrected chi connectivity index (χ0v) is 8.99. The van der Waals surface area contributed by atoms with Crippen molar-refractivity contribution in [1.82, 2.24) is 15.5 Å². The number of hydrogen-bond acceptors (Lipinski definition) is 2. The second-order valence-corrected chi connectivity index (χ2v) is 4.37. The highest BCUT2D eigenvalue weighted by molar-refractivity contribution is 5.93. The molecule has 0 bridgehead atoms. The molecule has 15 heavy (non-hydrogen) atoms. The summed E-state index contributed by atoms with van der Waals surface area (Å²) in [5.74, 6) is 1.37. The smallest absolute Gasteiger partial charge is 0.254 e. The molecule has 2 unspecified atom stereocenters. The minimum Gasteiger partial charge on any atom is -0.352 e. The summed E-state index contributed by atoms with van der Waals surface area (Å²) >= 11 is 0. The Balaban J connectivity index is 1.81. The molecule has 0 aliphatic heterocycles. The van der Waals surface area contributed by atoms with Gasteiger partial charge in [-0.15, -0.1) is 0 Å². The molecule has 0 spiro atoms. The van der Waals surface area contributed by atoms with Crippen molar-refractivity contribution in [2.45, 2.75) is 26.2 Å². The molecule has 1 aliphatic rings. The summed E-state index contributed by atoms with van der Waals surface area (Å²) in [6.07, 6.45) is 7.01. The molecule has 0 radical (unpaired) electrons. The summed E-state index contributed by atoms with van der Waals surface area (Å²) in [6, 6.07) is 0. The molecule has 1 amide bonds. The van der Waals surface area contributed by atoms with E-state index < -0.39 is 0 Å². The predicted molar refractivity (Wildman–Crippen MR) is 57.4 cm³/mol. The fraction of sp³-hybridized carbons (Fsp3) is 0.636. The number of rotatable bonds is 3. The standard InChI is InChI=1S/C11H17N3O/c1-8-3-2-4-9(8)5-12-11(15)10-6-13-14-7-10/h6-9H,2-5H2,1H3,(H,12,15)(H,13,14). The molecular weight excluding hydrogens is 190 g/mol. The van der Waals surface area contributed by atoms with E-state index in [1.165, 1.54) is 19.3 Å². The van der Waals surface area contributed by atoms with Gasteiger partial charge in [-0.2, -0.15) is 5.10 Å². The molecule has 2 rings (SSSR count). The van der Waals surface area contributed by atoms with E-state index in [0.29, 0.717) is 11.5 Å². The van der Waals surface area contributed by atoms with Gasteiger partial charge in [-0.25, -0.2) is 0 Å². The Kier molecular flexibility index (Phi) is 3.04. The minimum absolute atomic E-state index is 0.0251. The highest BCUT2D eigenvalue weighted by Gasteiger charge is 2.23. The summed E-state index contributed by atoms with van der Waals surface area (Å²) < 4.78 is 0. The van der Waals surface area contributed by atoms with Gasteiger partial charge in [0.05, 0.1) is 11.8 Å². The summed E-state index contributed by atoms with van der Waals surface area (Å²) in [4.78, 5) is 11.6. The van der Waals surface area contributed by atoms with Crippen molar-refractivity contribution in [1.29, 1.82) is 0 Å². The van der Waals surface area contributed by atoms with Crippen molar-refractivity contribution >= 4 is 5.91 Å². The van der Waals surface area contributed by atoms with Gasteiger partial charge in [0.15, 0.2) is 0 Å². The van der Waals surface area contributed by atoms with Gasteiger partial charge < -0.3 is 5.32 Å². The maximum absolute atomic E-state index is 11.6. The Hall–Kier alpha value is -1.32. The van der Waals surface area contributed by atoms with Gasteiger partial charge in [0, 0.05) is 12.7 Å². The minimum atomic E-state index is -0.0251. The van der Waals surface area contributed by atoms with Crippen molar-refractivity contribution in [3.05, 3.63) is 18.0 Å². The van der Waals surface area contributed by atoms with Crippen LogP contribution in [0.3, 0.4) is 0 Å². The Bertz CT molecular complexity index is 321. The molecule has 1 fully saturated rings. The summed E-state index contributed by atoms with van der Waals surface area (Å²) in [5, 5.41) is 9.35. The highest BCUT2D eigenvalue weighted by atomic mass is 16.1. The second-order valence-electron chi connectivity index (χ2n) is 4.37. The normalized spacial score (nSPS) is 25.4. The molecular formula is C11H17N3O. The Morgan fingerprint density at radius 1 is 1.67 bits per heavy atom. The third kappa shape index (κ3) is 2.37. The number of hydrogen-bond donors (Lipinski definition) is 2. The fourth-order valence-corrected chi connectivity index (χ4v) is 2.23. The first kappa shape index (κ1) is 10.2. The zero-order chi connectivity index (χ0) is 10.7. The van der Waals surface area contributed by atoms with Crippen LogP contribution in [0.15, 0.2) is 12.4 Å². The highest BCUT2D eigenvalue weighted by Crippen LogP contribution is 2.30. The maximum Gasteiger partial charge on any atom is 0.254 e. The van der Waals surface area contributed by atoms with Crippen LogP contribution in [0.2, 0.25) is 0 Å². The van der Waals surface area contributed by atoms with E-state index in [0.717, 1.165) is 12.5 Å². The van der Waals surface area contributed by atoms with E-state index in [-0.39, 0.29) is 5.91 Å². The van der Waals surface area contributed by atoms with Crippen LogP contribution >= 0.6 is 0 Å². The van der Waals surface area contributed by atoms with Crippen LogP contribution in [0, 0.1) is 11.8 Å². The third-order valence-corrected chi connectivity index (χ3v) is 3.32. The summed E-state index contributed by atoms with van der Waals surface area (Å²) in [5.41, 5.74) is 0.612. The number of carbonyl (C=O) groups excluding carboxylic acids is 1. The molecule has 1 aliphatic carbocycles. The lowest BCUT2D eigenvalue weighted by Crippen LogP contribution is -2.30. The Morgan fingerprint density at radius 3 is 3.13 bits per heavy atom. The average molecular weight is 207 g/mol. The molecule has 1 aromatic rings. The number of aromatic amines is 1. The lowest BCUT2D eigenvalue weighted by Gasteiger charge is -2.15. The van der Waals surface area contributed by atoms with Crippen LogP contribution in [0.5, 0.6) is 0 Å². The monoisotopic (exact) mass is 207 g/mol. The van der Waals surface area contributed by atoms with Crippen molar-refractivity contribution < 1.29 is 4.79 Å². The van der Waals surface area contributed by atoms with Crippen LogP contribution in [0.25, 0.3) is 0 Å². The van der Waals surface area contributed by atoms with Crippen LogP contribution in [0.1, 0.15) is 36.5 Å². The SMILES string of the molecule is CC1CCCC1CNC(=O)c1cn[nH]c1. The fourth-order valence-electron chi connectivity index (χ4n) is 2.23. The molecule has 0 saturated heterocycles. The van der Waals surface area contributed by atoms with E-state index in [4.69, 9.17) is 0 Å². The first-order valence-electron chi connectivity index (χ1n) is 5.54. The van der Waals surface area contributed by atoms with E-state index in [1.54, 1.807) is 12.4 Å². The zero-order valence-electron chi connectivity index (χ0n) is 8.99. The number of aromatic nitrogens is 2. The van der Waals surface area contributed by atoms with E-state index >= 15 is 0 Å². The lowest BCUT2D eigenvalue weighted by molar-refractivity contribution is 0.0944. The van der Waals surface area contributed by atoms with Crippen molar-refractivity contribution in [2.24, 2.45) is 11.8 Å². The first-order valence-corrected chi connectivity index (χ1v) is 5.54. The van der Waals surface area contributed by atoms with Crippen LogP contribution in [0.4, 0.5) is 0 Å². The van der Waals surface area contributed by atoms with Crippen LogP contribution in [-0.2, 0) is 0 Å². The molecule has 2 N–H and O–H groups in total. The molecule has 2 atom stereocenters. The van der Waals surface area contributed by atoms with Gasteiger partial charge in [0.2, 0.25) is 0 Å². The Morgan fingerprint density at radius 2 is 2.53 bits per heavy atom. The maximum atomic E-state index is 11.6. The number of nitrogens with zero attached hydrogens (tertiary/aromatic N) is 1. The van der Waals surface area contributed by atoms with Gasteiger partial charge in [-0.3, -0.25) is 9.89 Å². The van der Waals surface area contributed by atoms with Crippen LogP contribution < -0.4 is 5.32 Å². The average Bonchev–Trinajstić information content (AvgIpc) is 2.85. The third-order valence-electron chi connectivity index (χ3n) is 3.32. The first-order chi connectivity index (χ1) is 7.27. The Labute approximate surface area is 89.5 Å². The predicted octanol–water partition coefficient (Wildman–Crippen LogP) is 1.58. The van der Waals surface area contributed by atoms with Gasteiger partial charge in [0.25, 0.3) is 5.91 Å². The molecule has 0 aromatic carbocycles. The number of nitrogens with one attached hydrogen (secondary N) is 2. The topological polar surface area (TPSA) is 57.8 Å². The van der Waals surface area contributed by atoms with E-state index in [2.05, 4.69) is 22.4 Å². The number of carbonyl (C=O) groups is 1. The quantitative estimate of drug-likeness (QED) is 0.790. The van der Waals surface area contributed by atoms with E-state index in [9.17, 15) is 4.79 Å². The lowest BCUT2D eigenvalue weighted by atomic mass is 9.98. The van der Waals surface area contributed by atoms with Crippen molar-refractivity contribution in [2.75, 3.05) is 6.54 Å². The number of H-pyrrole nitrogens is 1. The molecule has 4 nitrogen and oxygen atoms in total. The molecule has 1 saturated carbocycles. The van der Waals surface area contributed by atoms with Crippen molar-refractivity contribution in [3.8, 4) is 0 Å². The number of amides is 1. The summed E-state index contributed by atoms with van der Waals surface area (Å²) in [6.45, 7) is 3.06. The molecule has 82 valence electrons. The second kappa shape index (κ2) is 4.47. The van der Waals surface area contributed by atoms with Crippen LogP contribution in [-0.4, -0.2) is 22.6 Å². The van der Waals surface area contributed by atoms with Crippen molar-refractivity contribution in [3.63, 3.8) is 0 Å². The largest absolute Gasteiger partial charge is 0.352 e. The molecule has 1 aromatic heterocycles. The summed E-state index contributed by atoms with van der Waals surface area (Å²) in [7, 11) is 0. The molecule has 1 heterocycles. The van der Waals surface area contributed by atoms with Gasteiger partial charge >= 0.3 is 0 Å². The van der Waals surface area contributed by atoms with E-state index in [1.807, 2.05) is 0 Å². The molecule has 4 heteroatoms. The van der Waals surface area contributed by atoms with Gasteiger partial charge in [0.1, 0.15) is 0 Å². The van der Waals surface area contributed by atoms with Gasteiger partial charge in [-0.05, 0) is 18.3 Å².